The molecule has 1 atom stereocenters. The van der Waals surface area contributed by atoms with Gasteiger partial charge in [0.05, 0.1) is 12.7 Å². The zero-order chi connectivity index (χ0) is 13.6. The number of hydrogen-bond acceptors (Lipinski definition) is 4. The van der Waals surface area contributed by atoms with E-state index in [0.29, 0.717) is 15.6 Å². The highest BCUT2D eigenvalue weighted by atomic mass is 33.1. The summed E-state index contributed by atoms with van der Waals surface area (Å²) in [5, 5.41) is 0. The maximum atomic E-state index is 5.96. The monoisotopic (exact) mass is 300 g/mol. The lowest BCUT2D eigenvalue weighted by Gasteiger charge is -2.22. The average molecular weight is 300 g/mol. The molecule has 1 saturated heterocycles. The summed E-state index contributed by atoms with van der Waals surface area (Å²) in [6, 6.07) is 0. The Morgan fingerprint density at radius 3 is 2.26 bits per heavy atom. The fraction of sp³-hybridized carbons (Fsp3) is 0.867. The van der Waals surface area contributed by atoms with Crippen molar-refractivity contribution in [2.45, 2.75) is 73.8 Å². The van der Waals surface area contributed by atoms with E-state index in [1.54, 1.807) is 0 Å². The van der Waals surface area contributed by atoms with Crippen LogP contribution in [-0.4, -0.2) is 28.0 Å². The first-order valence-electron chi connectivity index (χ1n) is 7.26. The minimum absolute atomic E-state index is 0.292. The van der Waals surface area contributed by atoms with Crippen molar-refractivity contribution >= 4 is 21.6 Å². The van der Waals surface area contributed by atoms with Crippen molar-refractivity contribution in [2.75, 3.05) is 6.61 Å². The molecule has 0 radical (unpaired) electrons. The molecule has 3 rings (SSSR count). The van der Waals surface area contributed by atoms with Gasteiger partial charge in [0, 0.05) is 9.49 Å². The Morgan fingerprint density at radius 2 is 1.79 bits per heavy atom. The molecule has 0 aromatic carbocycles. The quantitative estimate of drug-likeness (QED) is 0.507. The molecule has 108 valence electrons. The normalized spacial score (nSPS) is 33.1. The number of hydrogen-bond donors (Lipinski definition) is 0. The molecule has 0 spiro atoms. The summed E-state index contributed by atoms with van der Waals surface area (Å²) in [5.41, 5.74) is 0. The van der Waals surface area contributed by atoms with Gasteiger partial charge in [-0.15, -0.1) is 6.58 Å². The van der Waals surface area contributed by atoms with Crippen molar-refractivity contribution in [1.82, 2.24) is 0 Å². The van der Waals surface area contributed by atoms with Gasteiger partial charge in [-0.1, -0.05) is 27.7 Å². The highest BCUT2D eigenvalue weighted by Gasteiger charge is 2.51. The lowest BCUT2D eigenvalue weighted by Crippen LogP contribution is -2.23. The Balaban J connectivity index is 1.47. The third-order valence-electron chi connectivity index (χ3n) is 4.19. The van der Waals surface area contributed by atoms with Gasteiger partial charge >= 0.3 is 0 Å². The van der Waals surface area contributed by atoms with Crippen LogP contribution < -0.4 is 0 Å². The van der Waals surface area contributed by atoms with E-state index in [1.807, 2.05) is 13.8 Å². The zero-order valence-corrected chi connectivity index (χ0v) is 13.6. The average Bonchev–Trinajstić information content (AvgIpc) is 3.22. The minimum atomic E-state index is -0.376. The molecule has 0 N–H and O–H groups in total. The van der Waals surface area contributed by atoms with Crippen LogP contribution in [0.4, 0.5) is 0 Å². The predicted molar refractivity (Wildman–Crippen MR) is 83.4 cm³/mol. The first kappa shape index (κ1) is 14.3. The standard InChI is InChI=1S/C15H24O2S2/c1-4-5-14(6-7-14)18-19-15(8-9-15)10-12-11-16-13(2,3)17-12/h4,12H,1,5-11H2,2-3H3/t12-/m0/s1. The summed E-state index contributed by atoms with van der Waals surface area (Å²) in [5.74, 6) is -0.376. The Labute approximate surface area is 124 Å². The molecule has 4 heteroatoms. The van der Waals surface area contributed by atoms with E-state index in [4.69, 9.17) is 9.47 Å². The molecule has 0 aromatic heterocycles. The molecular weight excluding hydrogens is 276 g/mol. The molecule has 3 aliphatic rings. The highest BCUT2D eigenvalue weighted by molar-refractivity contribution is 8.77. The van der Waals surface area contributed by atoms with Crippen LogP contribution >= 0.6 is 21.6 Å². The molecule has 3 fully saturated rings. The fourth-order valence-corrected chi connectivity index (χ4v) is 6.44. The van der Waals surface area contributed by atoms with Crippen LogP contribution in [0.2, 0.25) is 0 Å². The second-order valence-corrected chi connectivity index (χ2v) is 9.75. The summed E-state index contributed by atoms with van der Waals surface area (Å²) < 4.78 is 12.6. The van der Waals surface area contributed by atoms with E-state index < -0.39 is 0 Å². The number of rotatable bonds is 7. The number of ether oxygens (including phenoxy) is 2. The summed E-state index contributed by atoms with van der Waals surface area (Å²) in [7, 11) is 4.24. The van der Waals surface area contributed by atoms with Crippen molar-refractivity contribution in [1.29, 1.82) is 0 Å². The second kappa shape index (κ2) is 4.97. The Kier molecular flexibility index (Phi) is 3.74. The topological polar surface area (TPSA) is 18.5 Å². The largest absolute Gasteiger partial charge is 0.348 e. The van der Waals surface area contributed by atoms with E-state index in [-0.39, 0.29) is 5.79 Å². The molecule has 2 saturated carbocycles. The zero-order valence-electron chi connectivity index (χ0n) is 11.9. The summed E-state index contributed by atoms with van der Waals surface area (Å²) in [6.45, 7) is 8.67. The van der Waals surface area contributed by atoms with Gasteiger partial charge in [-0.2, -0.15) is 0 Å². The third kappa shape index (κ3) is 3.52. The molecule has 1 aliphatic heterocycles. The minimum Gasteiger partial charge on any atom is -0.348 e. The molecular formula is C15H24O2S2. The van der Waals surface area contributed by atoms with E-state index in [9.17, 15) is 0 Å². The van der Waals surface area contributed by atoms with Crippen molar-refractivity contribution in [2.24, 2.45) is 0 Å². The summed E-state index contributed by atoms with van der Waals surface area (Å²) >= 11 is 0. The second-order valence-electron chi connectivity index (χ2n) is 6.68. The summed E-state index contributed by atoms with van der Waals surface area (Å²) in [6.07, 6.45) is 10.1. The molecule has 0 bridgehead atoms. The van der Waals surface area contributed by atoms with E-state index in [0.717, 1.165) is 19.4 Å². The molecule has 1 heterocycles. The van der Waals surface area contributed by atoms with Crippen LogP contribution in [0.5, 0.6) is 0 Å². The lowest BCUT2D eigenvalue weighted by atomic mass is 10.2. The Hall–Kier alpha value is 0.360. The van der Waals surface area contributed by atoms with Gasteiger partial charge in [0.2, 0.25) is 0 Å². The maximum absolute atomic E-state index is 5.96. The van der Waals surface area contributed by atoms with Crippen LogP contribution in [0.15, 0.2) is 12.7 Å². The van der Waals surface area contributed by atoms with Crippen LogP contribution in [0.1, 0.15) is 52.4 Å². The van der Waals surface area contributed by atoms with E-state index in [2.05, 4.69) is 34.2 Å². The van der Waals surface area contributed by atoms with Gasteiger partial charge < -0.3 is 9.47 Å². The molecule has 2 nitrogen and oxygen atoms in total. The van der Waals surface area contributed by atoms with Gasteiger partial charge in [0.15, 0.2) is 5.79 Å². The van der Waals surface area contributed by atoms with Crippen molar-refractivity contribution in [3.63, 3.8) is 0 Å². The van der Waals surface area contributed by atoms with E-state index in [1.165, 1.54) is 25.7 Å². The smallest absolute Gasteiger partial charge is 0.163 e. The van der Waals surface area contributed by atoms with Crippen LogP contribution in [0.3, 0.4) is 0 Å². The molecule has 19 heavy (non-hydrogen) atoms. The third-order valence-corrected chi connectivity index (χ3v) is 8.51. The van der Waals surface area contributed by atoms with Gasteiger partial charge in [0.1, 0.15) is 0 Å². The van der Waals surface area contributed by atoms with E-state index >= 15 is 0 Å². The first-order chi connectivity index (χ1) is 8.97. The Bertz CT molecular complexity index is 359. The van der Waals surface area contributed by atoms with Crippen molar-refractivity contribution in [3.05, 3.63) is 12.7 Å². The molecule has 0 amide bonds. The molecule has 2 aliphatic carbocycles. The van der Waals surface area contributed by atoms with Gasteiger partial charge in [-0.25, -0.2) is 0 Å². The number of allylic oxidation sites excluding steroid dienone is 1. The summed E-state index contributed by atoms with van der Waals surface area (Å²) in [4.78, 5) is 0. The highest BCUT2D eigenvalue weighted by Crippen LogP contribution is 2.65. The van der Waals surface area contributed by atoms with Crippen LogP contribution in [0.25, 0.3) is 0 Å². The lowest BCUT2D eigenvalue weighted by molar-refractivity contribution is -0.139. The van der Waals surface area contributed by atoms with Gasteiger partial charge in [-0.3, -0.25) is 0 Å². The van der Waals surface area contributed by atoms with Gasteiger partial charge in [-0.05, 0) is 52.4 Å². The van der Waals surface area contributed by atoms with Crippen molar-refractivity contribution < 1.29 is 9.47 Å². The van der Waals surface area contributed by atoms with Gasteiger partial charge in [0.25, 0.3) is 0 Å². The molecule has 0 aromatic rings. The fourth-order valence-electron chi connectivity index (χ4n) is 2.64. The Morgan fingerprint density at radius 1 is 1.16 bits per heavy atom. The predicted octanol–water partition coefficient (Wildman–Crippen LogP) is 4.55. The molecule has 0 unspecified atom stereocenters. The SMILES string of the molecule is C=CCC1(SSC2(C[C@H]3COC(C)(C)O3)CC2)CC1. The van der Waals surface area contributed by atoms with Crippen LogP contribution in [0, 0.1) is 0 Å². The van der Waals surface area contributed by atoms with Crippen LogP contribution in [-0.2, 0) is 9.47 Å². The first-order valence-corrected chi connectivity index (χ1v) is 9.41. The van der Waals surface area contributed by atoms with Crippen molar-refractivity contribution in [3.8, 4) is 0 Å². The maximum Gasteiger partial charge on any atom is 0.163 e.